The maximum Gasteiger partial charge on any atom is 0.230 e. The molecule has 1 aliphatic heterocycles. The highest BCUT2D eigenvalue weighted by Crippen LogP contribution is 2.42. The standard InChI is InChI=1S/C14H13ClN2O2/c1-8-7-10(15)18-13(8)12-11(14(16)19-17-12)9-5-3-2-4-6-9/h2-8,13H,16H2,1H3. The lowest BCUT2D eigenvalue weighted by atomic mass is 9.97. The van der Waals surface area contributed by atoms with Gasteiger partial charge in [0.1, 0.15) is 5.69 Å². The maximum atomic E-state index is 5.91. The van der Waals surface area contributed by atoms with Gasteiger partial charge < -0.3 is 15.0 Å². The van der Waals surface area contributed by atoms with Gasteiger partial charge in [0.2, 0.25) is 5.88 Å². The third-order valence-electron chi connectivity index (χ3n) is 3.19. The minimum absolute atomic E-state index is 0.125. The van der Waals surface area contributed by atoms with Crippen LogP contribution in [-0.4, -0.2) is 5.16 Å². The predicted molar refractivity (Wildman–Crippen MR) is 73.3 cm³/mol. The van der Waals surface area contributed by atoms with Crippen molar-refractivity contribution in [3.63, 3.8) is 0 Å². The van der Waals surface area contributed by atoms with E-state index >= 15 is 0 Å². The van der Waals surface area contributed by atoms with Crippen molar-refractivity contribution in [3.05, 3.63) is 47.3 Å². The van der Waals surface area contributed by atoms with E-state index in [1.165, 1.54) is 0 Å². The fourth-order valence-electron chi connectivity index (χ4n) is 2.27. The molecule has 2 heterocycles. The first-order valence-corrected chi connectivity index (χ1v) is 6.39. The Kier molecular flexibility index (Phi) is 2.95. The SMILES string of the molecule is CC1C=C(Cl)OC1c1noc(N)c1-c1ccccc1. The average Bonchev–Trinajstić information content (AvgIpc) is 2.93. The van der Waals surface area contributed by atoms with Crippen LogP contribution in [0.4, 0.5) is 5.88 Å². The summed E-state index contributed by atoms with van der Waals surface area (Å²) in [4.78, 5) is 0. The Morgan fingerprint density at radius 1 is 1.26 bits per heavy atom. The second kappa shape index (κ2) is 4.63. The van der Waals surface area contributed by atoms with E-state index in [0.717, 1.165) is 11.1 Å². The molecule has 0 saturated carbocycles. The van der Waals surface area contributed by atoms with Gasteiger partial charge in [0.25, 0.3) is 0 Å². The number of aromatic nitrogens is 1. The number of hydrogen-bond acceptors (Lipinski definition) is 4. The molecule has 5 heteroatoms. The van der Waals surface area contributed by atoms with E-state index in [1.807, 2.05) is 43.3 Å². The number of rotatable bonds is 2. The van der Waals surface area contributed by atoms with Crippen molar-refractivity contribution in [2.24, 2.45) is 5.92 Å². The zero-order valence-corrected chi connectivity index (χ0v) is 11.1. The summed E-state index contributed by atoms with van der Waals surface area (Å²) in [6.07, 6.45) is 1.59. The molecule has 0 bridgehead atoms. The van der Waals surface area contributed by atoms with E-state index in [-0.39, 0.29) is 12.0 Å². The first-order valence-electron chi connectivity index (χ1n) is 6.01. The van der Waals surface area contributed by atoms with Gasteiger partial charge in [-0.05, 0) is 23.2 Å². The van der Waals surface area contributed by atoms with Gasteiger partial charge in [0.05, 0.1) is 5.56 Å². The van der Waals surface area contributed by atoms with Gasteiger partial charge in [0, 0.05) is 5.92 Å². The van der Waals surface area contributed by atoms with E-state index < -0.39 is 0 Å². The maximum absolute atomic E-state index is 5.91. The number of benzene rings is 1. The van der Waals surface area contributed by atoms with Crippen LogP contribution in [0.1, 0.15) is 18.7 Å². The molecule has 0 fully saturated rings. The zero-order valence-electron chi connectivity index (χ0n) is 10.3. The molecule has 0 amide bonds. The predicted octanol–water partition coefficient (Wildman–Crippen LogP) is 3.71. The van der Waals surface area contributed by atoms with Crippen LogP contribution in [0.25, 0.3) is 11.1 Å². The molecule has 3 rings (SSSR count). The molecule has 19 heavy (non-hydrogen) atoms. The molecule has 1 aromatic heterocycles. The molecular formula is C14H13ClN2O2. The molecule has 0 saturated heterocycles. The Balaban J connectivity index is 2.05. The van der Waals surface area contributed by atoms with Crippen molar-refractivity contribution in [2.45, 2.75) is 13.0 Å². The highest BCUT2D eigenvalue weighted by atomic mass is 35.5. The summed E-state index contributed by atoms with van der Waals surface area (Å²) in [7, 11) is 0. The van der Waals surface area contributed by atoms with Gasteiger partial charge in [-0.15, -0.1) is 0 Å². The number of nitrogen functional groups attached to an aromatic ring is 1. The minimum Gasteiger partial charge on any atom is -0.473 e. The van der Waals surface area contributed by atoms with Gasteiger partial charge in [0.15, 0.2) is 11.3 Å². The van der Waals surface area contributed by atoms with Crippen molar-refractivity contribution in [1.29, 1.82) is 0 Å². The molecule has 1 aromatic carbocycles. The molecule has 2 atom stereocenters. The van der Waals surface area contributed by atoms with Gasteiger partial charge in [-0.2, -0.15) is 0 Å². The number of hydrogen-bond donors (Lipinski definition) is 1. The smallest absolute Gasteiger partial charge is 0.230 e. The fraction of sp³-hybridized carbons (Fsp3) is 0.214. The van der Waals surface area contributed by atoms with Crippen LogP contribution < -0.4 is 5.73 Å². The van der Waals surface area contributed by atoms with Gasteiger partial charge in [-0.1, -0.05) is 42.4 Å². The Morgan fingerprint density at radius 3 is 2.63 bits per heavy atom. The molecule has 98 valence electrons. The first kappa shape index (κ1) is 12.1. The first-order chi connectivity index (χ1) is 9.16. The normalized spacial score (nSPS) is 22.1. The molecule has 1 aliphatic rings. The lowest BCUT2D eigenvalue weighted by Gasteiger charge is -2.14. The Bertz CT molecular complexity index is 622. The fourth-order valence-corrected chi connectivity index (χ4v) is 2.57. The average molecular weight is 277 g/mol. The van der Waals surface area contributed by atoms with Crippen molar-refractivity contribution in [2.75, 3.05) is 5.73 Å². The Morgan fingerprint density at radius 2 is 2.00 bits per heavy atom. The minimum atomic E-state index is -0.260. The van der Waals surface area contributed by atoms with Crippen LogP contribution in [0.5, 0.6) is 0 Å². The largest absolute Gasteiger partial charge is 0.473 e. The van der Waals surface area contributed by atoms with Crippen LogP contribution in [0, 0.1) is 5.92 Å². The molecule has 0 spiro atoms. The highest BCUT2D eigenvalue weighted by molar-refractivity contribution is 6.28. The quantitative estimate of drug-likeness (QED) is 0.908. The van der Waals surface area contributed by atoms with Crippen molar-refractivity contribution in [1.82, 2.24) is 5.16 Å². The summed E-state index contributed by atoms with van der Waals surface area (Å²) < 4.78 is 10.7. The molecular weight excluding hydrogens is 264 g/mol. The molecule has 0 radical (unpaired) electrons. The van der Waals surface area contributed by atoms with Crippen LogP contribution in [-0.2, 0) is 4.74 Å². The summed E-state index contributed by atoms with van der Waals surface area (Å²) in [6, 6.07) is 9.74. The van der Waals surface area contributed by atoms with E-state index in [4.69, 9.17) is 26.6 Å². The summed E-state index contributed by atoms with van der Waals surface area (Å²) in [5.74, 6) is 0.416. The number of ether oxygens (including phenoxy) is 1. The summed E-state index contributed by atoms with van der Waals surface area (Å²) >= 11 is 5.91. The second-order valence-electron chi connectivity index (χ2n) is 4.54. The zero-order chi connectivity index (χ0) is 13.4. The number of anilines is 1. The Labute approximate surface area is 115 Å². The molecule has 2 aromatic rings. The monoisotopic (exact) mass is 276 g/mol. The lowest BCUT2D eigenvalue weighted by molar-refractivity contribution is 0.126. The molecule has 2 N–H and O–H groups in total. The van der Waals surface area contributed by atoms with Gasteiger partial charge >= 0.3 is 0 Å². The van der Waals surface area contributed by atoms with Crippen molar-refractivity contribution >= 4 is 17.5 Å². The summed E-state index contributed by atoms with van der Waals surface area (Å²) in [6.45, 7) is 2.01. The summed E-state index contributed by atoms with van der Waals surface area (Å²) in [5.41, 5.74) is 8.30. The van der Waals surface area contributed by atoms with Crippen molar-refractivity contribution in [3.8, 4) is 11.1 Å². The van der Waals surface area contributed by atoms with Crippen LogP contribution in [0.15, 0.2) is 46.1 Å². The molecule has 4 nitrogen and oxygen atoms in total. The number of halogens is 1. The van der Waals surface area contributed by atoms with Crippen LogP contribution >= 0.6 is 11.6 Å². The van der Waals surface area contributed by atoms with E-state index in [0.29, 0.717) is 16.8 Å². The van der Waals surface area contributed by atoms with Gasteiger partial charge in [-0.3, -0.25) is 0 Å². The van der Waals surface area contributed by atoms with Crippen molar-refractivity contribution < 1.29 is 9.26 Å². The second-order valence-corrected chi connectivity index (χ2v) is 4.91. The summed E-state index contributed by atoms with van der Waals surface area (Å²) in [5, 5.41) is 4.43. The Hall–Kier alpha value is -1.94. The highest BCUT2D eigenvalue weighted by Gasteiger charge is 2.33. The van der Waals surface area contributed by atoms with Crippen LogP contribution in [0.2, 0.25) is 0 Å². The molecule has 2 unspecified atom stereocenters. The van der Waals surface area contributed by atoms with E-state index in [9.17, 15) is 0 Å². The third-order valence-corrected chi connectivity index (χ3v) is 3.40. The number of nitrogens with zero attached hydrogens (tertiary/aromatic N) is 1. The van der Waals surface area contributed by atoms with Crippen LogP contribution in [0.3, 0.4) is 0 Å². The van der Waals surface area contributed by atoms with Gasteiger partial charge in [-0.25, -0.2) is 0 Å². The molecule has 0 aliphatic carbocycles. The lowest BCUT2D eigenvalue weighted by Crippen LogP contribution is -2.06. The third kappa shape index (κ3) is 2.08. The van der Waals surface area contributed by atoms with E-state index in [1.54, 1.807) is 0 Å². The number of nitrogens with two attached hydrogens (primary N) is 1. The topological polar surface area (TPSA) is 61.3 Å². The van der Waals surface area contributed by atoms with E-state index in [2.05, 4.69) is 5.16 Å².